The summed E-state index contributed by atoms with van der Waals surface area (Å²) in [5.41, 5.74) is -3.01. The molecule has 1 saturated heterocycles. The summed E-state index contributed by atoms with van der Waals surface area (Å²) in [6, 6.07) is 16.0. The second-order valence-electron chi connectivity index (χ2n) is 13.0. The SMILES string of the molecule is COc1ccc(C(=O)Nc2cnn3c2C(=O)N(c2ccc(C(F)(F)c4ccccc4)cc2)[C@H]2CN(S(=O)(=O)CC4(C(F)(F)F)CC4)C[C@H]23)cc1C#N. The molecular formula is C35H29F5N6O5S. The van der Waals surface area contributed by atoms with E-state index in [4.69, 9.17) is 4.74 Å². The van der Waals surface area contributed by atoms with Crippen molar-refractivity contribution in [3.63, 3.8) is 0 Å². The van der Waals surface area contributed by atoms with Crippen LogP contribution in [0.3, 0.4) is 0 Å². The van der Waals surface area contributed by atoms with Gasteiger partial charge in [-0.3, -0.25) is 14.3 Å². The molecule has 1 N–H and O–H groups in total. The highest BCUT2D eigenvalue weighted by Gasteiger charge is 2.66. The lowest BCUT2D eigenvalue weighted by Crippen LogP contribution is -2.51. The Balaban J connectivity index is 1.25. The van der Waals surface area contributed by atoms with Gasteiger partial charge in [0.25, 0.3) is 17.7 Å². The van der Waals surface area contributed by atoms with Crippen molar-refractivity contribution in [1.82, 2.24) is 14.1 Å². The molecule has 3 aliphatic rings. The van der Waals surface area contributed by atoms with Crippen LogP contribution in [0.1, 0.15) is 56.4 Å². The lowest BCUT2D eigenvalue weighted by atomic mass is 9.99. The predicted molar refractivity (Wildman–Crippen MR) is 176 cm³/mol. The average Bonchev–Trinajstić information content (AvgIpc) is 3.57. The number of rotatable bonds is 9. The van der Waals surface area contributed by atoms with Gasteiger partial charge in [-0.15, -0.1) is 0 Å². The van der Waals surface area contributed by atoms with E-state index in [-0.39, 0.29) is 64.5 Å². The fourth-order valence-corrected chi connectivity index (χ4v) is 8.92. The number of benzene rings is 3. The number of halogens is 5. The fourth-order valence-electron chi connectivity index (χ4n) is 6.83. The molecule has 2 atom stereocenters. The summed E-state index contributed by atoms with van der Waals surface area (Å²) >= 11 is 0. The minimum Gasteiger partial charge on any atom is -0.495 e. The first-order chi connectivity index (χ1) is 24.6. The van der Waals surface area contributed by atoms with Crippen molar-refractivity contribution in [3.8, 4) is 11.8 Å². The lowest BCUT2D eigenvalue weighted by molar-refractivity contribution is -0.180. The first kappa shape index (κ1) is 35.1. The molecule has 0 radical (unpaired) electrons. The summed E-state index contributed by atoms with van der Waals surface area (Å²) in [7, 11) is -3.15. The Labute approximate surface area is 294 Å². The van der Waals surface area contributed by atoms with Gasteiger partial charge in [-0.2, -0.15) is 36.6 Å². The van der Waals surface area contributed by atoms with Gasteiger partial charge in [0.1, 0.15) is 11.8 Å². The third-order valence-electron chi connectivity index (χ3n) is 9.87. The highest BCUT2D eigenvalue weighted by Crippen LogP contribution is 2.58. The molecule has 1 aromatic heterocycles. The second kappa shape index (κ2) is 12.4. The number of amides is 2. The van der Waals surface area contributed by atoms with E-state index in [9.17, 15) is 36.4 Å². The van der Waals surface area contributed by atoms with E-state index < -0.39 is 63.7 Å². The van der Waals surface area contributed by atoms with Crippen molar-refractivity contribution in [3.05, 3.63) is 107 Å². The third kappa shape index (κ3) is 5.85. The van der Waals surface area contributed by atoms with E-state index in [0.717, 1.165) is 16.4 Å². The van der Waals surface area contributed by atoms with Gasteiger partial charge in [-0.1, -0.05) is 42.5 Å². The summed E-state index contributed by atoms with van der Waals surface area (Å²) < 4.78 is 107. The van der Waals surface area contributed by atoms with E-state index in [1.807, 2.05) is 6.07 Å². The summed E-state index contributed by atoms with van der Waals surface area (Å²) in [5.74, 6) is -5.80. The monoisotopic (exact) mass is 740 g/mol. The Kier molecular flexibility index (Phi) is 8.37. The molecule has 3 heterocycles. The maximum Gasteiger partial charge on any atom is 0.395 e. The summed E-state index contributed by atoms with van der Waals surface area (Å²) in [4.78, 5) is 28.9. The van der Waals surface area contributed by atoms with Gasteiger partial charge in [-0.25, -0.2) is 8.42 Å². The standard InChI is InChI=1S/C35H29F5N6O5S/c1-51-29-12-7-21(15-22(29)16-41)31(47)43-26-17-42-46-28-19-44(52(49,50)20-33(13-14-33)35(38,39)40)18-27(28)45(32(48)30(26)46)25-10-8-24(9-11-25)34(36,37)23-5-3-2-4-6-23/h2-12,15,17,27-28H,13-14,18-20H2,1H3,(H,43,47)/t27-,28+/m0/s1. The number of carbonyl (C=O) groups is 2. The molecule has 4 aromatic rings. The zero-order valence-electron chi connectivity index (χ0n) is 27.3. The molecule has 2 amide bonds. The molecule has 270 valence electrons. The quantitative estimate of drug-likeness (QED) is 0.217. The van der Waals surface area contributed by atoms with Crippen LogP contribution in [0.5, 0.6) is 5.75 Å². The Morgan fingerprint density at radius 1 is 1.00 bits per heavy atom. The summed E-state index contributed by atoms with van der Waals surface area (Å²) in [5, 5.41) is 16.4. The number of methoxy groups -OCH3 is 1. The number of alkyl halides is 5. The van der Waals surface area contributed by atoms with E-state index in [1.165, 1.54) is 77.5 Å². The Morgan fingerprint density at radius 2 is 1.65 bits per heavy atom. The number of nitrogens with zero attached hydrogens (tertiary/aromatic N) is 5. The van der Waals surface area contributed by atoms with E-state index in [1.54, 1.807) is 6.07 Å². The van der Waals surface area contributed by atoms with Crippen LogP contribution in [-0.2, 0) is 15.9 Å². The molecule has 52 heavy (non-hydrogen) atoms. The van der Waals surface area contributed by atoms with Crippen LogP contribution in [0.15, 0.2) is 79.0 Å². The van der Waals surface area contributed by atoms with Crippen LogP contribution in [0.25, 0.3) is 0 Å². The number of aromatic nitrogens is 2. The third-order valence-corrected chi connectivity index (χ3v) is 11.9. The first-order valence-corrected chi connectivity index (χ1v) is 17.6. The zero-order valence-corrected chi connectivity index (χ0v) is 28.1. The smallest absolute Gasteiger partial charge is 0.395 e. The summed E-state index contributed by atoms with van der Waals surface area (Å²) in [6.45, 7) is -0.737. The number of anilines is 2. The molecule has 3 aromatic carbocycles. The number of sulfonamides is 1. The average molecular weight is 741 g/mol. The molecule has 7 rings (SSSR count). The van der Waals surface area contributed by atoms with Gasteiger partial charge < -0.3 is 15.0 Å². The normalized spacial score (nSPS) is 19.8. The molecule has 1 saturated carbocycles. The molecule has 0 unspecified atom stereocenters. The maximum absolute atomic E-state index is 15.4. The number of hydrogen-bond donors (Lipinski definition) is 1. The van der Waals surface area contributed by atoms with Gasteiger partial charge in [0, 0.05) is 35.5 Å². The number of ether oxygens (including phenoxy) is 1. The van der Waals surface area contributed by atoms with Crippen molar-refractivity contribution in [2.24, 2.45) is 5.41 Å². The summed E-state index contributed by atoms with van der Waals surface area (Å²) in [6.07, 6.45) is -4.18. The number of fused-ring (bicyclic) bond motifs is 3. The van der Waals surface area contributed by atoms with Gasteiger partial charge in [0.05, 0.1) is 47.8 Å². The molecular weight excluding hydrogens is 711 g/mol. The Bertz CT molecular complexity index is 2220. The molecule has 2 aliphatic heterocycles. The predicted octanol–water partition coefficient (Wildman–Crippen LogP) is 5.71. The van der Waals surface area contributed by atoms with Crippen LogP contribution in [-0.4, -0.2) is 72.5 Å². The van der Waals surface area contributed by atoms with Crippen molar-refractivity contribution >= 4 is 33.2 Å². The topological polar surface area (TPSA) is 138 Å². The highest BCUT2D eigenvalue weighted by molar-refractivity contribution is 7.89. The number of nitriles is 1. The van der Waals surface area contributed by atoms with Crippen molar-refractivity contribution in [1.29, 1.82) is 5.26 Å². The Hall–Kier alpha value is -5.34. The molecule has 17 heteroatoms. The lowest BCUT2D eigenvalue weighted by Gasteiger charge is -2.37. The number of nitrogens with one attached hydrogen (secondary N) is 1. The van der Waals surface area contributed by atoms with Gasteiger partial charge >= 0.3 is 6.18 Å². The van der Waals surface area contributed by atoms with Crippen LogP contribution in [0.4, 0.5) is 33.3 Å². The molecule has 11 nitrogen and oxygen atoms in total. The minimum absolute atomic E-state index is 0.0435. The number of carbonyl (C=O) groups excluding carboxylic acids is 2. The molecule has 0 bridgehead atoms. The molecule has 0 spiro atoms. The van der Waals surface area contributed by atoms with Crippen molar-refractivity contribution in [2.45, 2.75) is 37.0 Å². The van der Waals surface area contributed by atoms with Gasteiger partial charge in [0.15, 0.2) is 5.69 Å². The maximum atomic E-state index is 15.4. The Morgan fingerprint density at radius 3 is 2.27 bits per heavy atom. The van der Waals surface area contributed by atoms with Gasteiger partial charge in [-0.05, 0) is 43.2 Å². The van der Waals surface area contributed by atoms with Crippen molar-refractivity contribution < 1.29 is 44.7 Å². The van der Waals surface area contributed by atoms with E-state index in [0.29, 0.717) is 0 Å². The van der Waals surface area contributed by atoms with E-state index >= 15 is 8.78 Å². The van der Waals surface area contributed by atoms with Gasteiger partial charge in [0.2, 0.25) is 10.0 Å². The fraction of sp³-hybridized carbons (Fsp3) is 0.314. The highest BCUT2D eigenvalue weighted by atomic mass is 32.2. The zero-order chi connectivity index (χ0) is 37.2. The van der Waals surface area contributed by atoms with Crippen LogP contribution in [0, 0.1) is 16.7 Å². The van der Waals surface area contributed by atoms with Crippen LogP contribution < -0.4 is 15.0 Å². The van der Waals surface area contributed by atoms with Crippen LogP contribution in [0.2, 0.25) is 0 Å². The van der Waals surface area contributed by atoms with Crippen LogP contribution >= 0.6 is 0 Å². The largest absolute Gasteiger partial charge is 0.495 e. The first-order valence-electron chi connectivity index (χ1n) is 16.0. The second-order valence-corrected chi connectivity index (χ2v) is 14.9. The molecule has 2 fully saturated rings. The molecule has 1 aliphatic carbocycles. The minimum atomic E-state index is -4.72. The van der Waals surface area contributed by atoms with E-state index in [2.05, 4.69) is 10.4 Å². The van der Waals surface area contributed by atoms with Crippen molar-refractivity contribution in [2.75, 3.05) is 36.2 Å². The number of hydrogen-bond acceptors (Lipinski definition) is 7.